The molecule has 3 N–H and O–H groups in total. The number of methoxy groups -OCH3 is 1. The number of thioether (sulfide) groups is 1. The van der Waals surface area contributed by atoms with Crippen LogP contribution in [0.4, 0.5) is 0 Å². The SMILES string of the molecule is COc1ccccc1CSC(C)(C)[C@H](N)C(=O)O. The Balaban J connectivity index is 2.72. The first-order valence-corrected chi connectivity index (χ1v) is 6.61. The summed E-state index contributed by atoms with van der Waals surface area (Å²) in [5, 5.41) is 8.95. The van der Waals surface area contributed by atoms with Gasteiger partial charge in [0.2, 0.25) is 0 Å². The second kappa shape index (κ2) is 6.11. The van der Waals surface area contributed by atoms with Crippen LogP contribution in [0.2, 0.25) is 0 Å². The van der Waals surface area contributed by atoms with E-state index in [0.29, 0.717) is 5.75 Å². The second-order valence-corrected chi connectivity index (χ2v) is 6.15. The number of carbonyl (C=O) groups is 1. The van der Waals surface area contributed by atoms with Gasteiger partial charge in [0.1, 0.15) is 11.8 Å². The molecule has 1 aromatic carbocycles. The van der Waals surface area contributed by atoms with Crippen molar-refractivity contribution in [2.75, 3.05) is 7.11 Å². The molecule has 100 valence electrons. The summed E-state index contributed by atoms with van der Waals surface area (Å²) in [6.45, 7) is 3.68. The van der Waals surface area contributed by atoms with Crippen molar-refractivity contribution in [3.8, 4) is 5.75 Å². The van der Waals surface area contributed by atoms with Crippen LogP contribution in [0.1, 0.15) is 19.4 Å². The number of hydrogen-bond donors (Lipinski definition) is 2. The Bertz CT molecular complexity index is 420. The Morgan fingerprint density at radius 2 is 2.11 bits per heavy atom. The maximum atomic E-state index is 10.9. The molecule has 0 bridgehead atoms. The molecule has 1 rings (SSSR count). The Labute approximate surface area is 112 Å². The average Bonchev–Trinajstić information content (AvgIpc) is 2.35. The van der Waals surface area contributed by atoms with Crippen molar-refractivity contribution in [3.63, 3.8) is 0 Å². The van der Waals surface area contributed by atoms with Crippen LogP contribution in [0.25, 0.3) is 0 Å². The van der Waals surface area contributed by atoms with E-state index in [2.05, 4.69) is 0 Å². The summed E-state index contributed by atoms with van der Waals surface area (Å²) in [6.07, 6.45) is 0. The van der Waals surface area contributed by atoms with Gasteiger partial charge in [-0.05, 0) is 19.9 Å². The molecule has 0 aliphatic heterocycles. The third kappa shape index (κ3) is 3.65. The molecule has 0 saturated carbocycles. The fourth-order valence-corrected chi connectivity index (χ4v) is 2.52. The Morgan fingerprint density at radius 3 is 2.67 bits per heavy atom. The monoisotopic (exact) mass is 269 g/mol. The standard InChI is InChI=1S/C13H19NO3S/c1-13(2,11(14)12(15)16)18-8-9-6-4-5-7-10(9)17-3/h4-7,11H,8,14H2,1-3H3,(H,15,16)/t11-/m1/s1. The highest BCUT2D eigenvalue weighted by Crippen LogP contribution is 2.33. The average molecular weight is 269 g/mol. The zero-order chi connectivity index (χ0) is 13.8. The molecule has 0 unspecified atom stereocenters. The third-order valence-electron chi connectivity index (χ3n) is 2.81. The molecule has 0 radical (unpaired) electrons. The van der Waals surface area contributed by atoms with E-state index in [1.54, 1.807) is 7.11 Å². The highest BCUT2D eigenvalue weighted by molar-refractivity contribution is 7.99. The highest BCUT2D eigenvalue weighted by Gasteiger charge is 2.32. The van der Waals surface area contributed by atoms with Crippen LogP contribution in [0.3, 0.4) is 0 Å². The Morgan fingerprint density at radius 1 is 1.50 bits per heavy atom. The van der Waals surface area contributed by atoms with Crippen LogP contribution in [0, 0.1) is 0 Å². The summed E-state index contributed by atoms with van der Waals surface area (Å²) < 4.78 is 4.72. The smallest absolute Gasteiger partial charge is 0.321 e. The minimum Gasteiger partial charge on any atom is -0.496 e. The van der Waals surface area contributed by atoms with Crippen LogP contribution in [0.15, 0.2) is 24.3 Å². The largest absolute Gasteiger partial charge is 0.496 e. The number of hydrogen-bond acceptors (Lipinski definition) is 4. The predicted molar refractivity (Wildman–Crippen MR) is 74.0 cm³/mol. The van der Waals surface area contributed by atoms with Crippen LogP contribution >= 0.6 is 11.8 Å². The van der Waals surface area contributed by atoms with Crippen LogP contribution in [-0.4, -0.2) is 29.0 Å². The molecule has 0 amide bonds. The maximum Gasteiger partial charge on any atom is 0.321 e. The number of para-hydroxylation sites is 1. The lowest BCUT2D eigenvalue weighted by Crippen LogP contribution is -2.46. The van der Waals surface area contributed by atoms with Crippen molar-refractivity contribution in [2.45, 2.75) is 30.4 Å². The summed E-state index contributed by atoms with van der Waals surface area (Å²) in [5.41, 5.74) is 6.71. The van der Waals surface area contributed by atoms with Gasteiger partial charge in [-0.3, -0.25) is 4.79 Å². The predicted octanol–water partition coefficient (Wildman–Crippen LogP) is 2.12. The number of carboxylic acid groups (broad SMARTS) is 1. The lowest BCUT2D eigenvalue weighted by molar-refractivity contribution is -0.139. The number of benzene rings is 1. The van der Waals surface area contributed by atoms with E-state index in [-0.39, 0.29) is 0 Å². The molecule has 1 aromatic rings. The van der Waals surface area contributed by atoms with Gasteiger partial charge in [-0.1, -0.05) is 18.2 Å². The van der Waals surface area contributed by atoms with Crippen molar-refractivity contribution in [3.05, 3.63) is 29.8 Å². The van der Waals surface area contributed by atoms with Crippen molar-refractivity contribution >= 4 is 17.7 Å². The molecule has 0 fully saturated rings. The first kappa shape index (κ1) is 14.9. The van der Waals surface area contributed by atoms with Gasteiger partial charge < -0.3 is 15.6 Å². The molecule has 1 atom stereocenters. The molecule has 0 saturated heterocycles. The minimum absolute atomic E-state index is 0.535. The summed E-state index contributed by atoms with van der Waals surface area (Å²) in [5.74, 6) is 0.495. The van der Waals surface area contributed by atoms with Crippen LogP contribution in [-0.2, 0) is 10.5 Å². The van der Waals surface area contributed by atoms with Gasteiger partial charge in [0.15, 0.2) is 0 Å². The summed E-state index contributed by atoms with van der Waals surface area (Å²) in [4.78, 5) is 10.9. The van der Waals surface area contributed by atoms with Gasteiger partial charge in [0, 0.05) is 16.1 Å². The minimum atomic E-state index is -0.979. The Kier molecular flexibility index (Phi) is 5.04. The van der Waals surface area contributed by atoms with E-state index >= 15 is 0 Å². The number of aliphatic carboxylic acids is 1. The molecule has 0 aromatic heterocycles. The van der Waals surface area contributed by atoms with Crippen molar-refractivity contribution in [1.29, 1.82) is 0 Å². The molecule has 4 nitrogen and oxygen atoms in total. The summed E-state index contributed by atoms with van der Waals surface area (Å²) in [6, 6.07) is 6.80. The van der Waals surface area contributed by atoms with Crippen LogP contribution < -0.4 is 10.5 Å². The quantitative estimate of drug-likeness (QED) is 0.827. The molecule has 0 aliphatic carbocycles. The van der Waals surface area contributed by atoms with Crippen LogP contribution in [0.5, 0.6) is 5.75 Å². The number of rotatable bonds is 6. The molecular formula is C13H19NO3S. The Hall–Kier alpha value is -1.20. The third-order valence-corrected chi connectivity index (χ3v) is 4.26. The lowest BCUT2D eigenvalue weighted by Gasteiger charge is -2.28. The van der Waals surface area contributed by atoms with Gasteiger partial charge in [0.25, 0.3) is 0 Å². The zero-order valence-corrected chi connectivity index (χ0v) is 11.7. The molecule has 18 heavy (non-hydrogen) atoms. The number of nitrogens with two attached hydrogens (primary N) is 1. The van der Waals surface area contributed by atoms with Gasteiger partial charge in [-0.2, -0.15) is 0 Å². The van der Waals surface area contributed by atoms with Gasteiger partial charge >= 0.3 is 5.97 Å². The van der Waals surface area contributed by atoms with Crippen molar-refractivity contribution in [2.24, 2.45) is 5.73 Å². The van der Waals surface area contributed by atoms with E-state index in [4.69, 9.17) is 15.6 Å². The first-order valence-electron chi connectivity index (χ1n) is 5.62. The fourth-order valence-electron chi connectivity index (χ4n) is 1.47. The van der Waals surface area contributed by atoms with Gasteiger partial charge in [-0.25, -0.2) is 0 Å². The van der Waals surface area contributed by atoms with Gasteiger partial charge in [0.05, 0.1) is 7.11 Å². The van der Waals surface area contributed by atoms with Gasteiger partial charge in [-0.15, -0.1) is 11.8 Å². The second-order valence-electron chi connectivity index (χ2n) is 4.52. The summed E-state index contributed by atoms with van der Waals surface area (Å²) in [7, 11) is 1.62. The van der Waals surface area contributed by atoms with E-state index in [1.165, 1.54) is 11.8 Å². The van der Waals surface area contributed by atoms with E-state index < -0.39 is 16.8 Å². The molecule has 0 aliphatic rings. The number of carboxylic acids is 1. The lowest BCUT2D eigenvalue weighted by atomic mass is 10.1. The molecule has 0 heterocycles. The molecule has 5 heteroatoms. The van der Waals surface area contributed by atoms with E-state index in [1.807, 2.05) is 38.1 Å². The van der Waals surface area contributed by atoms with Crippen molar-refractivity contribution in [1.82, 2.24) is 0 Å². The fraction of sp³-hybridized carbons (Fsp3) is 0.462. The normalized spacial score (nSPS) is 13.1. The van der Waals surface area contributed by atoms with E-state index in [0.717, 1.165) is 11.3 Å². The maximum absolute atomic E-state index is 10.9. The van der Waals surface area contributed by atoms with E-state index in [9.17, 15) is 4.79 Å². The highest BCUT2D eigenvalue weighted by atomic mass is 32.2. The zero-order valence-electron chi connectivity index (χ0n) is 10.8. The number of ether oxygens (including phenoxy) is 1. The van der Waals surface area contributed by atoms with Crippen molar-refractivity contribution < 1.29 is 14.6 Å². The topological polar surface area (TPSA) is 72.5 Å². The summed E-state index contributed by atoms with van der Waals surface area (Å²) >= 11 is 1.51. The molecule has 0 spiro atoms. The molecular weight excluding hydrogens is 250 g/mol. The first-order chi connectivity index (χ1) is 8.38.